The van der Waals surface area contributed by atoms with Crippen molar-refractivity contribution in [1.82, 2.24) is 71.8 Å². The van der Waals surface area contributed by atoms with Crippen molar-refractivity contribution in [3.63, 3.8) is 0 Å². The Hall–Kier alpha value is -20.6. The van der Waals surface area contributed by atoms with Crippen LogP contribution in [-0.4, -0.2) is 71.8 Å². The van der Waals surface area contributed by atoms with Gasteiger partial charge in [-0.05, 0) is 165 Å². The predicted molar refractivity (Wildman–Crippen MR) is 613 cm³/mol. The quantitative estimate of drug-likeness (QED) is 0.0916. The summed E-state index contributed by atoms with van der Waals surface area (Å²) in [4.78, 5) is 46.7. The molecule has 15 heteroatoms. The van der Waals surface area contributed by atoms with Gasteiger partial charge < -0.3 is 13.2 Å². The summed E-state index contributed by atoms with van der Waals surface area (Å²) in [5.74, 6) is 2.71. The Labute approximate surface area is 861 Å². The second-order valence-corrected chi connectivity index (χ2v) is 37.7. The van der Waals surface area contributed by atoms with Crippen LogP contribution >= 0.6 is 0 Å². The lowest BCUT2D eigenvalue weighted by molar-refractivity contribution is 1.10. The van der Waals surface area contributed by atoms with Crippen molar-refractivity contribution in [2.45, 2.75) is 0 Å². The van der Waals surface area contributed by atoms with E-state index in [1.165, 1.54) is 0 Å². The number of hydrogen-bond donors (Lipinski definition) is 0. The van der Waals surface area contributed by atoms with E-state index in [2.05, 4.69) is 452 Å². The van der Waals surface area contributed by atoms with Gasteiger partial charge in [0.25, 0.3) is 0 Å². The van der Waals surface area contributed by atoms with Gasteiger partial charge in [-0.1, -0.05) is 376 Å². The first-order valence-corrected chi connectivity index (χ1v) is 50.3. The number of rotatable bonds is 15. The molecular weight excluding hydrogens is 1830 g/mol. The first-order valence-electron chi connectivity index (χ1n) is 50.3. The molecule has 12 aromatic heterocycles. The zero-order valence-electron chi connectivity index (χ0n) is 80.9. The Kier molecular flexibility index (Phi) is 21.5. The fraction of sp³-hybridized carbons (Fsp3) is 0. The Morgan fingerprint density at radius 3 is 0.800 bits per heavy atom. The Balaban J connectivity index is 0.000000108. The van der Waals surface area contributed by atoms with E-state index in [-0.39, 0.29) is 0 Å². The third-order valence-corrected chi connectivity index (χ3v) is 28.7. The van der Waals surface area contributed by atoms with Gasteiger partial charge in [0.05, 0.1) is 83.8 Å². The number of fused-ring (bicyclic) bond motifs is 18. The summed E-state index contributed by atoms with van der Waals surface area (Å²) in [6, 6.07) is 171. The summed E-state index contributed by atoms with van der Waals surface area (Å²) in [5, 5.41) is 9.92. The number of nitrogens with zero attached hydrogens (tertiary/aromatic N) is 15. The number of benzene rings is 18. The molecule has 0 aliphatic rings. The summed E-state index contributed by atoms with van der Waals surface area (Å²) < 4.78 is 13.0. The van der Waals surface area contributed by atoms with Crippen LogP contribution in [-0.2, 0) is 0 Å². The van der Waals surface area contributed by atoms with Crippen LogP contribution in [0.15, 0.2) is 529 Å². The van der Waals surface area contributed by atoms with Gasteiger partial charge in [0.2, 0.25) is 0 Å². The van der Waals surface area contributed by atoms with E-state index in [1.807, 2.05) is 103 Å². The molecule has 15 nitrogen and oxygen atoms in total. The molecule has 0 unspecified atom stereocenters. The topological polar surface area (TPSA) is 144 Å². The molecular formula is C135H87N15. The van der Waals surface area contributed by atoms with Gasteiger partial charge >= 0.3 is 0 Å². The fourth-order valence-corrected chi connectivity index (χ4v) is 21.4. The van der Waals surface area contributed by atoms with Crippen molar-refractivity contribution in [2.75, 3.05) is 0 Å². The summed E-state index contributed by atoms with van der Waals surface area (Å²) in [5.41, 5.74) is 36.9. The highest BCUT2D eigenvalue weighted by molar-refractivity contribution is 6.23. The van der Waals surface area contributed by atoms with E-state index in [1.54, 1.807) is 0 Å². The zero-order chi connectivity index (χ0) is 99.1. The molecule has 150 heavy (non-hydrogen) atoms. The Morgan fingerprint density at radius 2 is 0.427 bits per heavy atom. The summed E-state index contributed by atoms with van der Waals surface area (Å²) in [6.45, 7) is 0. The molecule has 0 atom stereocenters. The average Bonchev–Trinajstić information content (AvgIpc) is 1.54. The van der Waals surface area contributed by atoms with Crippen LogP contribution in [0.3, 0.4) is 0 Å². The maximum atomic E-state index is 5.42. The summed E-state index contributed by atoms with van der Waals surface area (Å²) >= 11 is 0. The van der Waals surface area contributed by atoms with Crippen LogP contribution in [0.5, 0.6) is 0 Å². The monoisotopic (exact) mass is 1920 g/mol. The number of hydrogen-bond acceptors (Lipinski definition) is 9. The molecule has 0 spiro atoms. The number of pyridine rings is 6. The van der Waals surface area contributed by atoms with Crippen molar-refractivity contribution in [2.24, 2.45) is 0 Å². The molecule has 18 aromatic carbocycles. The maximum Gasteiger partial charge on any atom is 0.145 e. The standard InChI is InChI=1S/3C45H29N5/c1-4-12-31(13-5-1)39-29-49-28-34(24-27-41(49)46-39)30-20-22-32(23-21-30)43-42-37(36-18-10-11-19-38(36)47-43)25-26-40-44(42)48-45(33-14-6-2-7-15-33)50(40)35-16-8-3-9-17-35;1-3-12-32(13-4-1)45-48-44-40(50(45)35-16-5-2-6-17-35)26-25-37-36-18-7-8-19-38(36)47-43(42(37)44)31-23-21-30(22-24-31)33-14-11-15-34(28-33)39-29-49-27-10-9-20-41(49)46-39;1-3-11-34(12-4-1)45-48-44-40(50(45)35-13-5-2-6-14-35)27-26-37-36-15-7-8-16-38(36)47-43(42(37)44)33-24-20-31(21-25-33)30-18-22-32(23-19-30)39-29-49-28-10-9-17-41(49)46-39/h3*1-29H. The Morgan fingerprint density at radius 1 is 0.153 bits per heavy atom. The van der Waals surface area contributed by atoms with E-state index in [0.717, 1.165) is 267 Å². The molecule has 0 N–H and O–H groups in total. The smallest absolute Gasteiger partial charge is 0.145 e. The van der Waals surface area contributed by atoms with Gasteiger partial charge in [-0.15, -0.1) is 0 Å². The first kappa shape index (κ1) is 87.3. The second-order valence-electron chi connectivity index (χ2n) is 37.7. The van der Waals surface area contributed by atoms with Gasteiger partial charge in [0, 0.05) is 137 Å². The third kappa shape index (κ3) is 15.7. The van der Waals surface area contributed by atoms with Crippen molar-refractivity contribution in [3.05, 3.63) is 529 Å². The molecule has 0 aliphatic carbocycles. The highest BCUT2D eigenvalue weighted by Crippen LogP contribution is 2.47. The van der Waals surface area contributed by atoms with Gasteiger partial charge in [-0.2, -0.15) is 0 Å². The molecule has 0 bridgehead atoms. The van der Waals surface area contributed by atoms with Crippen molar-refractivity contribution in [1.29, 1.82) is 0 Å². The lowest BCUT2D eigenvalue weighted by Crippen LogP contribution is -1.97. The van der Waals surface area contributed by atoms with Gasteiger partial charge in [0.1, 0.15) is 34.4 Å². The molecule has 0 fully saturated rings. The van der Waals surface area contributed by atoms with Crippen LogP contribution < -0.4 is 0 Å². The van der Waals surface area contributed by atoms with Crippen molar-refractivity contribution >= 4 is 115 Å². The minimum absolute atomic E-state index is 0.902. The largest absolute Gasteiger partial charge is 0.306 e. The number of imidazole rings is 6. The molecule has 30 rings (SSSR count). The van der Waals surface area contributed by atoms with Crippen LogP contribution in [0.1, 0.15) is 0 Å². The molecule has 0 saturated heterocycles. The van der Waals surface area contributed by atoms with E-state index >= 15 is 0 Å². The minimum Gasteiger partial charge on any atom is -0.306 e. The molecule has 0 amide bonds. The molecule has 0 aliphatic heterocycles. The van der Waals surface area contributed by atoms with Crippen LogP contribution in [0.2, 0.25) is 0 Å². The third-order valence-electron chi connectivity index (χ3n) is 28.7. The summed E-state index contributed by atoms with van der Waals surface area (Å²) in [6.07, 6.45) is 12.5. The van der Waals surface area contributed by atoms with E-state index in [9.17, 15) is 0 Å². The van der Waals surface area contributed by atoms with Gasteiger partial charge in [0.15, 0.2) is 0 Å². The summed E-state index contributed by atoms with van der Waals surface area (Å²) in [7, 11) is 0. The minimum atomic E-state index is 0.902. The highest BCUT2D eigenvalue weighted by Gasteiger charge is 2.27. The van der Waals surface area contributed by atoms with Crippen LogP contribution in [0.4, 0.5) is 0 Å². The average molecular weight is 1920 g/mol. The van der Waals surface area contributed by atoms with E-state index < -0.39 is 0 Å². The lowest BCUT2D eigenvalue weighted by atomic mass is 9.96. The molecule has 702 valence electrons. The molecule has 12 heterocycles. The second kappa shape index (κ2) is 37.0. The Bertz CT molecular complexity index is 10300. The zero-order valence-corrected chi connectivity index (χ0v) is 80.9. The van der Waals surface area contributed by atoms with Gasteiger partial charge in [-0.25, -0.2) is 44.9 Å². The molecule has 0 saturated carbocycles. The number of aromatic nitrogens is 15. The van der Waals surface area contributed by atoms with E-state index in [4.69, 9.17) is 44.9 Å². The number of para-hydroxylation sites is 6. The first-order chi connectivity index (χ1) is 74.3. The molecule has 30 aromatic rings. The SMILES string of the molecule is c1ccc(-c2cn3cc(-c4ccc(-c5nc6ccccc6c6ccc7c(nc(-c8ccccc8)n7-c7ccccc7)c56)cc4)ccc3n2)cc1.c1ccc(-c2nc3c4c(-c5ccc(-c6ccc(-c7cn8ccccc8n7)cc6)cc5)nc5ccccc5c4ccc3n2-c2ccccc2)cc1.c1ccc(-c2nc3c4c(-c5ccc(-c6cccc(-c7cn8ccccc8n7)c6)cc5)nc5ccccc5c4ccc3n2-c2ccccc2)cc1. The van der Waals surface area contributed by atoms with Crippen molar-refractivity contribution < 1.29 is 0 Å². The van der Waals surface area contributed by atoms with E-state index in [0.29, 0.717) is 0 Å². The van der Waals surface area contributed by atoms with Gasteiger partial charge in [-0.3, -0.25) is 13.7 Å². The lowest BCUT2D eigenvalue weighted by Gasteiger charge is -2.13. The highest BCUT2D eigenvalue weighted by atomic mass is 15.1. The predicted octanol–water partition coefficient (Wildman–Crippen LogP) is 33.1. The van der Waals surface area contributed by atoms with Crippen molar-refractivity contribution in [3.8, 4) is 152 Å². The maximum absolute atomic E-state index is 5.42. The molecule has 0 radical (unpaired) electrons. The van der Waals surface area contributed by atoms with Crippen LogP contribution in [0, 0.1) is 0 Å². The normalized spacial score (nSPS) is 11.6. The van der Waals surface area contributed by atoms with Crippen LogP contribution in [0.25, 0.3) is 267 Å². The fourth-order valence-electron chi connectivity index (χ4n) is 21.4.